The van der Waals surface area contributed by atoms with E-state index in [1.54, 1.807) is 6.20 Å². The van der Waals surface area contributed by atoms with Crippen LogP contribution in [-0.2, 0) is 0 Å². The van der Waals surface area contributed by atoms with Crippen LogP contribution in [0.3, 0.4) is 0 Å². The van der Waals surface area contributed by atoms with Crippen LogP contribution < -0.4 is 5.32 Å². The zero-order valence-corrected chi connectivity index (χ0v) is 8.45. The molecule has 0 amide bonds. The van der Waals surface area contributed by atoms with Gasteiger partial charge in [0, 0.05) is 18.2 Å². The molecule has 0 saturated heterocycles. The fourth-order valence-electron chi connectivity index (χ4n) is 1.48. The van der Waals surface area contributed by atoms with E-state index in [9.17, 15) is 0 Å². The van der Waals surface area contributed by atoms with Crippen molar-refractivity contribution < 1.29 is 5.11 Å². The topological polar surface area (TPSA) is 45.2 Å². The minimum absolute atomic E-state index is 0.144. The smallest absolute Gasteiger partial charge is 0.126 e. The molecule has 0 unspecified atom stereocenters. The number of aromatic nitrogens is 1. The molecule has 14 heavy (non-hydrogen) atoms. The molecule has 76 valence electrons. The third-order valence-corrected chi connectivity index (χ3v) is 2.85. The van der Waals surface area contributed by atoms with Gasteiger partial charge in [0.15, 0.2) is 0 Å². The van der Waals surface area contributed by atoms with Crippen LogP contribution in [0, 0.1) is 12.3 Å². The Labute approximate surface area is 84.2 Å². The monoisotopic (exact) mass is 192 g/mol. The van der Waals surface area contributed by atoms with Crippen LogP contribution in [0.2, 0.25) is 0 Å². The first-order chi connectivity index (χ1) is 6.74. The van der Waals surface area contributed by atoms with Crippen molar-refractivity contribution in [3.05, 3.63) is 23.9 Å². The first-order valence-corrected chi connectivity index (χ1v) is 5.02. The molecule has 1 aromatic rings. The van der Waals surface area contributed by atoms with Gasteiger partial charge in [0.25, 0.3) is 0 Å². The summed E-state index contributed by atoms with van der Waals surface area (Å²) in [5.74, 6) is 0.907. The van der Waals surface area contributed by atoms with Crippen molar-refractivity contribution in [2.75, 3.05) is 18.5 Å². The molecule has 0 aliphatic heterocycles. The van der Waals surface area contributed by atoms with Crippen LogP contribution in [0.4, 0.5) is 5.82 Å². The van der Waals surface area contributed by atoms with Gasteiger partial charge in [-0.15, -0.1) is 0 Å². The van der Waals surface area contributed by atoms with E-state index < -0.39 is 0 Å². The summed E-state index contributed by atoms with van der Waals surface area (Å²) in [6.07, 6.45) is 4.06. The number of anilines is 1. The summed E-state index contributed by atoms with van der Waals surface area (Å²) in [6.45, 7) is 3.16. The van der Waals surface area contributed by atoms with Gasteiger partial charge in [-0.1, -0.05) is 0 Å². The molecule has 0 radical (unpaired) electrons. The highest BCUT2D eigenvalue weighted by atomic mass is 16.3. The number of aryl methyl sites for hydroxylation is 1. The Kier molecular flexibility index (Phi) is 2.42. The molecule has 0 aromatic carbocycles. The Morgan fingerprint density at radius 3 is 2.93 bits per heavy atom. The van der Waals surface area contributed by atoms with Crippen molar-refractivity contribution in [1.82, 2.24) is 4.98 Å². The number of pyridine rings is 1. The second kappa shape index (κ2) is 3.58. The van der Waals surface area contributed by atoms with Gasteiger partial charge in [-0.05, 0) is 37.5 Å². The second-order valence-corrected chi connectivity index (χ2v) is 4.23. The molecule has 3 nitrogen and oxygen atoms in total. The first-order valence-electron chi connectivity index (χ1n) is 5.02. The zero-order valence-electron chi connectivity index (χ0n) is 8.45. The van der Waals surface area contributed by atoms with Gasteiger partial charge in [-0.3, -0.25) is 0 Å². The number of aliphatic hydroxyl groups excluding tert-OH is 1. The molecular formula is C11H16N2O. The summed E-state index contributed by atoms with van der Waals surface area (Å²) in [7, 11) is 0. The van der Waals surface area contributed by atoms with Crippen LogP contribution in [0.15, 0.2) is 18.3 Å². The molecule has 1 fully saturated rings. The summed E-state index contributed by atoms with van der Waals surface area (Å²) in [4.78, 5) is 4.21. The van der Waals surface area contributed by atoms with Gasteiger partial charge in [-0.25, -0.2) is 4.98 Å². The van der Waals surface area contributed by atoms with Gasteiger partial charge < -0.3 is 10.4 Å². The Hall–Kier alpha value is -1.09. The predicted molar refractivity (Wildman–Crippen MR) is 56.2 cm³/mol. The molecule has 1 aromatic heterocycles. The fourth-order valence-corrected chi connectivity index (χ4v) is 1.48. The van der Waals surface area contributed by atoms with Gasteiger partial charge in [0.1, 0.15) is 5.82 Å². The van der Waals surface area contributed by atoms with Crippen LogP contribution in [0.1, 0.15) is 18.4 Å². The van der Waals surface area contributed by atoms with Crippen molar-refractivity contribution >= 4 is 5.82 Å². The number of aliphatic hydroxyl groups is 1. The van der Waals surface area contributed by atoms with Crippen LogP contribution in [0.25, 0.3) is 0 Å². The van der Waals surface area contributed by atoms with Crippen molar-refractivity contribution in [1.29, 1.82) is 0 Å². The third kappa shape index (κ3) is 2.04. The van der Waals surface area contributed by atoms with Gasteiger partial charge in [-0.2, -0.15) is 0 Å². The zero-order chi connectivity index (χ0) is 10.0. The highest BCUT2D eigenvalue weighted by molar-refractivity contribution is 5.37. The highest BCUT2D eigenvalue weighted by Gasteiger charge is 2.41. The number of nitrogens with zero attached hydrogens (tertiary/aromatic N) is 1. The van der Waals surface area contributed by atoms with E-state index in [4.69, 9.17) is 5.11 Å². The molecule has 1 aliphatic rings. The van der Waals surface area contributed by atoms with Crippen molar-refractivity contribution in [2.24, 2.45) is 5.41 Å². The number of nitrogens with one attached hydrogen (secondary N) is 1. The quantitative estimate of drug-likeness (QED) is 0.761. The van der Waals surface area contributed by atoms with Crippen molar-refractivity contribution in [3.8, 4) is 0 Å². The molecule has 3 heteroatoms. The lowest BCUT2D eigenvalue weighted by Gasteiger charge is -2.13. The fraction of sp³-hybridized carbons (Fsp3) is 0.545. The Morgan fingerprint density at radius 2 is 2.36 bits per heavy atom. The maximum absolute atomic E-state index is 9.13. The van der Waals surface area contributed by atoms with Gasteiger partial charge >= 0.3 is 0 Å². The standard InChI is InChI=1S/C11H16N2O/c1-9-2-5-12-10(6-9)13-7-11(8-14)3-4-11/h2,5-6,14H,3-4,7-8H2,1H3,(H,12,13). The SMILES string of the molecule is Cc1ccnc(NCC2(CO)CC2)c1. The van der Waals surface area contributed by atoms with Crippen molar-refractivity contribution in [3.63, 3.8) is 0 Å². The first kappa shape index (κ1) is 9.46. The summed E-state index contributed by atoms with van der Waals surface area (Å²) in [5.41, 5.74) is 1.35. The largest absolute Gasteiger partial charge is 0.396 e. The van der Waals surface area contributed by atoms with E-state index in [0.29, 0.717) is 0 Å². The lowest BCUT2D eigenvalue weighted by molar-refractivity contribution is 0.219. The minimum atomic E-state index is 0.144. The predicted octanol–water partition coefficient (Wildman–Crippen LogP) is 1.57. The van der Waals surface area contributed by atoms with Crippen LogP contribution in [0.5, 0.6) is 0 Å². The van der Waals surface area contributed by atoms with E-state index in [1.165, 1.54) is 5.56 Å². The summed E-state index contributed by atoms with van der Waals surface area (Å²) >= 11 is 0. The highest BCUT2D eigenvalue weighted by Crippen LogP contribution is 2.44. The lowest BCUT2D eigenvalue weighted by atomic mass is 10.1. The summed E-state index contributed by atoms with van der Waals surface area (Å²) in [6, 6.07) is 4.00. The molecule has 0 bridgehead atoms. The van der Waals surface area contributed by atoms with E-state index >= 15 is 0 Å². The van der Waals surface area contributed by atoms with Crippen LogP contribution in [-0.4, -0.2) is 23.2 Å². The van der Waals surface area contributed by atoms with E-state index in [1.807, 2.05) is 19.1 Å². The number of rotatable bonds is 4. The molecule has 1 heterocycles. The Bertz CT molecular complexity index is 321. The lowest BCUT2D eigenvalue weighted by Crippen LogP contribution is -2.19. The second-order valence-electron chi connectivity index (χ2n) is 4.23. The molecule has 0 atom stereocenters. The Balaban J connectivity index is 1.92. The maximum Gasteiger partial charge on any atom is 0.126 e. The molecule has 2 rings (SSSR count). The molecule has 1 saturated carbocycles. The normalized spacial score (nSPS) is 17.9. The van der Waals surface area contributed by atoms with Gasteiger partial charge in [0.05, 0.1) is 6.61 Å². The third-order valence-electron chi connectivity index (χ3n) is 2.85. The van der Waals surface area contributed by atoms with Gasteiger partial charge in [0.2, 0.25) is 0 Å². The minimum Gasteiger partial charge on any atom is -0.396 e. The van der Waals surface area contributed by atoms with Crippen molar-refractivity contribution in [2.45, 2.75) is 19.8 Å². The summed E-state index contributed by atoms with van der Waals surface area (Å²) < 4.78 is 0. The molecule has 1 aliphatic carbocycles. The molecule has 0 spiro atoms. The van der Waals surface area contributed by atoms with Crippen LogP contribution >= 0.6 is 0 Å². The maximum atomic E-state index is 9.13. The number of hydrogen-bond donors (Lipinski definition) is 2. The Morgan fingerprint density at radius 1 is 1.57 bits per heavy atom. The average Bonchev–Trinajstić information content (AvgIpc) is 2.96. The summed E-state index contributed by atoms with van der Waals surface area (Å²) in [5, 5.41) is 12.4. The van der Waals surface area contributed by atoms with E-state index in [-0.39, 0.29) is 12.0 Å². The number of hydrogen-bond acceptors (Lipinski definition) is 3. The molecule has 2 N–H and O–H groups in total. The molecular weight excluding hydrogens is 176 g/mol. The average molecular weight is 192 g/mol. The van der Waals surface area contributed by atoms with E-state index in [0.717, 1.165) is 25.2 Å². The van der Waals surface area contributed by atoms with E-state index in [2.05, 4.69) is 10.3 Å².